The second-order valence-electron chi connectivity index (χ2n) is 4.10. The van der Waals surface area contributed by atoms with E-state index in [9.17, 15) is 4.79 Å². The Bertz CT molecular complexity index is 394. The van der Waals surface area contributed by atoms with Crippen molar-refractivity contribution < 1.29 is 4.79 Å². The molecular weight excluding hydrogens is 259 g/mol. The fraction of sp³-hybridized carbons (Fsp3) is 0.417. The molecule has 2 unspecified atom stereocenters. The summed E-state index contributed by atoms with van der Waals surface area (Å²) in [5.41, 5.74) is 7.35. The lowest BCUT2D eigenvalue weighted by Crippen LogP contribution is -2.34. The van der Waals surface area contributed by atoms with Crippen LogP contribution >= 0.6 is 24.0 Å². The highest BCUT2D eigenvalue weighted by molar-refractivity contribution is 6.31. The summed E-state index contributed by atoms with van der Waals surface area (Å²) in [5.74, 6) is -0.310. The Morgan fingerprint density at radius 3 is 2.47 bits per heavy atom. The molecule has 1 amide bonds. The Balaban J connectivity index is 0.00000256. The second-order valence-corrected chi connectivity index (χ2v) is 4.51. The molecule has 3 nitrogen and oxygen atoms in total. The molecule has 2 atom stereocenters. The Morgan fingerprint density at radius 2 is 2.00 bits per heavy atom. The maximum Gasteiger partial charge on any atom is 0.228 e. The van der Waals surface area contributed by atoms with Crippen molar-refractivity contribution in [3.8, 4) is 0 Å². The summed E-state index contributed by atoms with van der Waals surface area (Å²) in [6.45, 7) is 5.53. The first-order valence-electron chi connectivity index (χ1n) is 5.24. The molecule has 0 saturated carbocycles. The van der Waals surface area contributed by atoms with Gasteiger partial charge in [0.15, 0.2) is 0 Å². The normalized spacial score (nSPS) is 13.5. The van der Waals surface area contributed by atoms with Gasteiger partial charge in [0, 0.05) is 16.8 Å². The molecule has 96 valence electrons. The van der Waals surface area contributed by atoms with E-state index in [1.54, 1.807) is 13.0 Å². The number of nitrogens with two attached hydrogens (primary N) is 1. The zero-order chi connectivity index (χ0) is 12.3. The first-order chi connectivity index (χ1) is 7.41. The van der Waals surface area contributed by atoms with Gasteiger partial charge in [0.2, 0.25) is 5.91 Å². The third-order valence-corrected chi connectivity index (χ3v) is 3.05. The Hall–Kier alpha value is -0.770. The predicted octanol–water partition coefficient (Wildman–Crippen LogP) is 2.99. The van der Waals surface area contributed by atoms with Gasteiger partial charge in [0.25, 0.3) is 0 Å². The molecule has 0 aliphatic carbocycles. The molecule has 3 N–H and O–H groups in total. The average Bonchev–Trinajstić information content (AvgIpc) is 2.22. The van der Waals surface area contributed by atoms with Crippen molar-refractivity contribution in [2.75, 3.05) is 5.32 Å². The van der Waals surface area contributed by atoms with Crippen LogP contribution in [0.1, 0.15) is 19.4 Å². The lowest BCUT2D eigenvalue weighted by molar-refractivity contribution is -0.119. The molecule has 0 aromatic heterocycles. The number of benzene rings is 1. The number of hydrogen-bond acceptors (Lipinski definition) is 2. The van der Waals surface area contributed by atoms with Gasteiger partial charge in [-0.05, 0) is 31.5 Å². The van der Waals surface area contributed by atoms with E-state index >= 15 is 0 Å². The zero-order valence-corrected chi connectivity index (χ0v) is 11.7. The van der Waals surface area contributed by atoms with Crippen LogP contribution in [0.2, 0.25) is 5.02 Å². The minimum absolute atomic E-state index is 0. The quantitative estimate of drug-likeness (QED) is 0.892. The number of halogens is 2. The van der Waals surface area contributed by atoms with Gasteiger partial charge < -0.3 is 11.1 Å². The van der Waals surface area contributed by atoms with E-state index in [0.29, 0.717) is 10.7 Å². The topological polar surface area (TPSA) is 55.1 Å². The second kappa shape index (κ2) is 6.84. The van der Waals surface area contributed by atoms with Crippen LogP contribution in [0.5, 0.6) is 0 Å². The molecular formula is C12H18Cl2N2O. The smallest absolute Gasteiger partial charge is 0.228 e. The summed E-state index contributed by atoms with van der Waals surface area (Å²) < 4.78 is 0. The Morgan fingerprint density at radius 1 is 1.41 bits per heavy atom. The molecule has 0 fully saturated rings. The average molecular weight is 277 g/mol. The highest BCUT2D eigenvalue weighted by Crippen LogP contribution is 2.20. The van der Waals surface area contributed by atoms with Gasteiger partial charge in [-0.1, -0.05) is 24.6 Å². The van der Waals surface area contributed by atoms with Crippen LogP contribution in [0.25, 0.3) is 0 Å². The number of carbonyl (C=O) groups excluding carboxylic acids is 1. The monoisotopic (exact) mass is 276 g/mol. The van der Waals surface area contributed by atoms with Gasteiger partial charge in [0.05, 0.1) is 5.92 Å². The van der Waals surface area contributed by atoms with E-state index < -0.39 is 0 Å². The predicted molar refractivity (Wildman–Crippen MR) is 74.9 cm³/mol. The number of anilines is 1. The first kappa shape index (κ1) is 16.2. The van der Waals surface area contributed by atoms with Crippen molar-refractivity contribution in [1.82, 2.24) is 0 Å². The first-order valence-corrected chi connectivity index (χ1v) is 5.62. The molecule has 0 heterocycles. The van der Waals surface area contributed by atoms with Crippen LogP contribution in [0.15, 0.2) is 18.2 Å². The largest absolute Gasteiger partial charge is 0.327 e. The van der Waals surface area contributed by atoms with Crippen molar-refractivity contribution >= 4 is 35.6 Å². The molecule has 5 heteroatoms. The molecule has 0 spiro atoms. The van der Waals surface area contributed by atoms with Crippen LogP contribution in [-0.2, 0) is 4.79 Å². The summed E-state index contributed by atoms with van der Waals surface area (Å²) in [5, 5.41) is 3.43. The molecule has 17 heavy (non-hydrogen) atoms. The summed E-state index contributed by atoms with van der Waals surface area (Å²) in [6, 6.07) is 5.27. The summed E-state index contributed by atoms with van der Waals surface area (Å²) in [7, 11) is 0. The lowest BCUT2D eigenvalue weighted by atomic mass is 10.0. The van der Waals surface area contributed by atoms with Gasteiger partial charge in [-0.15, -0.1) is 12.4 Å². The van der Waals surface area contributed by atoms with Crippen LogP contribution < -0.4 is 11.1 Å². The number of amides is 1. The van der Waals surface area contributed by atoms with Gasteiger partial charge in [-0.3, -0.25) is 4.79 Å². The fourth-order valence-corrected chi connectivity index (χ4v) is 1.35. The van der Waals surface area contributed by atoms with Gasteiger partial charge in [-0.2, -0.15) is 0 Å². The summed E-state index contributed by atoms with van der Waals surface area (Å²) in [6.07, 6.45) is 0. The van der Waals surface area contributed by atoms with Gasteiger partial charge in [-0.25, -0.2) is 0 Å². The van der Waals surface area contributed by atoms with Crippen molar-refractivity contribution in [2.45, 2.75) is 26.8 Å². The number of hydrogen-bond donors (Lipinski definition) is 2. The van der Waals surface area contributed by atoms with Gasteiger partial charge >= 0.3 is 0 Å². The van der Waals surface area contributed by atoms with Crippen LogP contribution in [-0.4, -0.2) is 11.9 Å². The number of nitrogens with one attached hydrogen (secondary N) is 1. The zero-order valence-electron chi connectivity index (χ0n) is 10.2. The highest BCUT2D eigenvalue weighted by Gasteiger charge is 2.17. The van der Waals surface area contributed by atoms with Crippen molar-refractivity contribution in [2.24, 2.45) is 11.7 Å². The molecule has 0 aliphatic heterocycles. The Kier molecular flexibility index (Phi) is 6.53. The van der Waals surface area contributed by atoms with Crippen molar-refractivity contribution in [1.29, 1.82) is 0 Å². The van der Waals surface area contributed by atoms with E-state index in [1.165, 1.54) is 0 Å². The van der Waals surface area contributed by atoms with Crippen molar-refractivity contribution in [3.05, 3.63) is 28.8 Å². The third-order valence-electron chi connectivity index (χ3n) is 2.64. The number of rotatable bonds is 3. The molecule has 1 aromatic rings. The third kappa shape index (κ3) is 4.54. The SMILES string of the molecule is Cc1ccc(NC(=O)C(C)C(C)N)cc1Cl.Cl. The molecule has 0 radical (unpaired) electrons. The van der Waals surface area contributed by atoms with Crippen molar-refractivity contribution in [3.63, 3.8) is 0 Å². The highest BCUT2D eigenvalue weighted by atomic mass is 35.5. The maximum absolute atomic E-state index is 11.7. The number of aryl methyl sites for hydroxylation is 1. The minimum atomic E-state index is -0.222. The van der Waals surface area contributed by atoms with E-state index in [-0.39, 0.29) is 30.3 Å². The summed E-state index contributed by atoms with van der Waals surface area (Å²) in [4.78, 5) is 11.7. The lowest BCUT2D eigenvalue weighted by Gasteiger charge is -2.15. The van der Waals surface area contributed by atoms with E-state index in [1.807, 2.05) is 26.0 Å². The number of carbonyl (C=O) groups is 1. The molecule has 0 aliphatic rings. The van der Waals surface area contributed by atoms with Crippen LogP contribution in [0.4, 0.5) is 5.69 Å². The van der Waals surface area contributed by atoms with E-state index in [4.69, 9.17) is 17.3 Å². The molecule has 0 saturated heterocycles. The Labute approximate surface area is 113 Å². The molecule has 0 bridgehead atoms. The van der Waals surface area contributed by atoms with Crippen LogP contribution in [0, 0.1) is 12.8 Å². The van der Waals surface area contributed by atoms with E-state index in [2.05, 4.69) is 5.32 Å². The van der Waals surface area contributed by atoms with Gasteiger partial charge in [0.1, 0.15) is 0 Å². The van der Waals surface area contributed by atoms with E-state index in [0.717, 1.165) is 5.56 Å². The van der Waals surface area contributed by atoms with Crippen LogP contribution in [0.3, 0.4) is 0 Å². The fourth-order valence-electron chi connectivity index (χ4n) is 1.17. The minimum Gasteiger partial charge on any atom is -0.327 e. The molecule has 1 aromatic carbocycles. The molecule has 1 rings (SSSR count). The maximum atomic E-state index is 11.7. The standard InChI is InChI=1S/C12H17ClN2O.ClH/c1-7-4-5-10(6-11(7)13)15-12(16)8(2)9(3)14;/h4-6,8-9H,14H2,1-3H3,(H,15,16);1H. The summed E-state index contributed by atoms with van der Waals surface area (Å²) >= 11 is 5.96.